The van der Waals surface area contributed by atoms with E-state index in [1.165, 1.54) is 28.0 Å². The average Bonchev–Trinajstić information content (AvgIpc) is 2.90. The van der Waals surface area contributed by atoms with Crippen LogP contribution in [-0.2, 0) is 0 Å². The Bertz CT molecular complexity index is 629. The van der Waals surface area contributed by atoms with Gasteiger partial charge in [0.15, 0.2) is 0 Å². The van der Waals surface area contributed by atoms with E-state index in [-0.39, 0.29) is 24.7 Å². The highest BCUT2D eigenvalue weighted by Gasteiger charge is 2.42. The molecule has 0 unspecified atom stereocenters. The number of benzene rings is 1. The summed E-state index contributed by atoms with van der Waals surface area (Å²) < 4.78 is 26.7. The number of amides is 3. The fraction of sp³-hybridized carbons (Fsp3) is 0.467. The molecule has 0 aromatic heterocycles. The quantitative estimate of drug-likeness (QED) is 0.925. The lowest BCUT2D eigenvalue weighted by Gasteiger charge is -2.46. The number of nitrogens with zero attached hydrogens (tertiary/aromatic N) is 2. The monoisotopic (exact) mass is 309 g/mol. The summed E-state index contributed by atoms with van der Waals surface area (Å²) in [6, 6.07) is 3.77. The highest BCUT2D eigenvalue weighted by atomic mass is 19.1. The van der Waals surface area contributed by atoms with Gasteiger partial charge in [0, 0.05) is 37.3 Å². The summed E-state index contributed by atoms with van der Waals surface area (Å²) in [6.07, 6.45) is 0. The number of carbonyl (C=O) groups excluding carboxylic acids is 2. The molecule has 2 aliphatic heterocycles. The van der Waals surface area contributed by atoms with Gasteiger partial charge in [-0.1, -0.05) is 6.92 Å². The molecule has 3 amide bonds. The number of carbonyl (C=O) groups is 2. The molecule has 7 heteroatoms. The van der Waals surface area contributed by atoms with E-state index in [0.29, 0.717) is 18.8 Å². The van der Waals surface area contributed by atoms with E-state index in [4.69, 9.17) is 0 Å². The number of urea groups is 1. The fourth-order valence-corrected chi connectivity index (χ4v) is 2.84. The Kier molecular flexibility index (Phi) is 3.50. The average molecular weight is 309 g/mol. The van der Waals surface area contributed by atoms with Gasteiger partial charge in [0.1, 0.15) is 5.82 Å². The van der Waals surface area contributed by atoms with Crippen molar-refractivity contribution in [2.45, 2.75) is 6.92 Å². The van der Waals surface area contributed by atoms with Crippen LogP contribution in [0.3, 0.4) is 0 Å². The summed E-state index contributed by atoms with van der Waals surface area (Å²) in [5.41, 5.74) is -0.134. The number of hydrogen-bond donors (Lipinski definition) is 1. The number of anilines is 1. The van der Waals surface area contributed by atoms with Gasteiger partial charge in [-0.3, -0.25) is 14.1 Å². The minimum atomic E-state index is -0.637. The zero-order valence-electron chi connectivity index (χ0n) is 12.2. The maximum absolute atomic E-state index is 14.0. The molecular formula is C15H17F2N3O2. The normalized spacial score (nSPS) is 19.9. The van der Waals surface area contributed by atoms with E-state index in [1.807, 2.05) is 0 Å². The van der Waals surface area contributed by atoms with Crippen LogP contribution in [0.1, 0.15) is 17.3 Å². The van der Waals surface area contributed by atoms with E-state index in [0.717, 1.165) is 0 Å². The molecular weight excluding hydrogens is 292 g/mol. The number of alkyl halides is 1. The van der Waals surface area contributed by atoms with E-state index in [2.05, 4.69) is 5.32 Å². The molecule has 1 aromatic carbocycles. The van der Waals surface area contributed by atoms with Gasteiger partial charge in [0.25, 0.3) is 5.91 Å². The maximum Gasteiger partial charge on any atom is 0.321 e. The molecule has 0 spiro atoms. The summed E-state index contributed by atoms with van der Waals surface area (Å²) >= 11 is 0. The van der Waals surface area contributed by atoms with Crippen molar-refractivity contribution in [2.24, 2.45) is 5.41 Å². The van der Waals surface area contributed by atoms with Gasteiger partial charge in [-0.05, 0) is 18.2 Å². The first-order chi connectivity index (χ1) is 10.4. The molecule has 2 aliphatic rings. The third kappa shape index (κ3) is 2.40. The second kappa shape index (κ2) is 5.23. The molecule has 0 aliphatic carbocycles. The van der Waals surface area contributed by atoms with Crippen LogP contribution in [0.5, 0.6) is 0 Å². The Morgan fingerprint density at radius 3 is 2.73 bits per heavy atom. The number of rotatable bonds is 3. The van der Waals surface area contributed by atoms with Crippen LogP contribution < -0.4 is 10.2 Å². The molecule has 2 saturated heterocycles. The summed E-state index contributed by atoms with van der Waals surface area (Å²) in [5, 5.41) is 2.65. The number of likely N-dealkylation sites (tertiary alicyclic amines) is 1. The molecule has 0 atom stereocenters. The zero-order valence-corrected chi connectivity index (χ0v) is 12.2. The molecule has 1 aromatic rings. The predicted molar refractivity (Wildman–Crippen MR) is 77.1 cm³/mol. The molecule has 0 bridgehead atoms. The van der Waals surface area contributed by atoms with Crippen LogP contribution in [0, 0.1) is 11.2 Å². The van der Waals surface area contributed by atoms with Crippen molar-refractivity contribution < 1.29 is 18.4 Å². The third-order valence-electron chi connectivity index (χ3n) is 4.10. The lowest BCUT2D eigenvalue weighted by atomic mass is 9.83. The minimum Gasteiger partial charge on any atom is -0.337 e. The summed E-state index contributed by atoms with van der Waals surface area (Å²) in [6.45, 7) is 2.78. The van der Waals surface area contributed by atoms with Crippen LogP contribution in [0.25, 0.3) is 0 Å². The van der Waals surface area contributed by atoms with Gasteiger partial charge in [-0.15, -0.1) is 0 Å². The van der Waals surface area contributed by atoms with Crippen molar-refractivity contribution >= 4 is 17.6 Å². The van der Waals surface area contributed by atoms with Crippen LogP contribution in [0.2, 0.25) is 0 Å². The first-order valence-corrected chi connectivity index (χ1v) is 7.14. The molecule has 0 radical (unpaired) electrons. The van der Waals surface area contributed by atoms with Gasteiger partial charge in [0.2, 0.25) is 0 Å². The molecule has 1 N–H and O–H groups in total. The van der Waals surface area contributed by atoms with E-state index in [9.17, 15) is 18.4 Å². The van der Waals surface area contributed by atoms with Crippen molar-refractivity contribution in [2.75, 3.05) is 37.8 Å². The predicted octanol–water partition coefficient (Wildman–Crippen LogP) is 1.79. The Morgan fingerprint density at radius 2 is 2.14 bits per heavy atom. The highest BCUT2D eigenvalue weighted by molar-refractivity contribution is 5.99. The molecule has 5 nitrogen and oxygen atoms in total. The Balaban J connectivity index is 1.81. The summed E-state index contributed by atoms with van der Waals surface area (Å²) in [5.74, 6) is -1.10. The van der Waals surface area contributed by atoms with Gasteiger partial charge >= 0.3 is 6.03 Å². The Labute approximate surface area is 126 Å². The molecule has 2 fully saturated rings. The van der Waals surface area contributed by atoms with Crippen LogP contribution in [0.15, 0.2) is 18.2 Å². The first-order valence-electron chi connectivity index (χ1n) is 7.14. The lowest BCUT2D eigenvalue weighted by molar-refractivity contribution is 0.00280. The first kappa shape index (κ1) is 14.7. The van der Waals surface area contributed by atoms with Crippen LogP contribution in [-0.4, -0.2) is 49.7 Å². The van der Waals surface area contributed by atoms with Crippen molar-refractivity contribution in [3.05, 3.63) is 29.6 Å². The van der Waals surface area contributed by atoms with Gasteiger partial charge < -0.3 is 10.2 Å². The molecule has 22 heavy (non-hydrogen) atoms. The van der Waals surface area contributed by atoms with Crippen molar-refractivity contribution in [3.8, 4) is 0 Å². The van der Waals surface area contributed by atoms with E-state index in [1.54, 1.807) is 6.92 Å². The van der Waals surface area contributed by atoms with Crippen LogP contribution in [0.4, 0.5) is 19.3 Å². The third-order valence-corrected chi connectivity index (χ3v) is 4.10. The molecule has 0 saturated carbocycles. The molecule has 2 heterocycles. The van der Waals surface area contributed by atoms with E-state index < -0.39 is 23.8 Å². The maximum atomic E-state index is 14.0. The summed E-state index contributed by atoms with van der Waals surface area (Å²) in [4.78, 5) is 26.9. The highest BCUT2D eigenvalue weighted by Crippen LogP contribution is 2.32. The standard InChI is InChI=1S/C15H17F2N3O2/c1-15(7-16)8-19(9-15)13(21)11-6-10(2-3-12(11)17)20-5-4-18-14(20)22/h2-3,6H,4-5,7-9H2,1H3,(H,18,22). The smallest absolute Gasteiger partial charge is 0.321 e. The van der Waals surface area contributed by atoms with Crippen molar-refractivity contribution in [3.63, 3.8) is 0 Å². The van der Waals surface area contributed by atoms with Crippen molar-refractivity contribution in [1.29, 1.82) is 0 Å². The SMILES string of the molecule is CC1(CF)CN(C(=O)c2cc(N3CCNC3=O)ccc2F)C1. The second-order valence-corrected chi connectivity index (χ2v) is 6.15. The number of halogens is 2. The molecule has 118 valence electrons. The van der Waals surface area contributed by atoms with Gasteiger partial charge in [-0.25, -0.2) is 9.18 Å². The summed E-state index contributed by atoms with van der Waals surface area (Å²) in [7, 11) is 0. The second-order valence-electron chi connectivity index (χ2n) is 6.15. The van der Waals surface area contributed by atoms with Gasteiger partial charge in [0.05, 0.1) is 12.2 Å². The fourth-order valence-electron chi connectivity index (χ4n) is 2.84. The van der Waals surface area contributed by atoms with Gasteiger partial charge in [-0.2, -0.15) is 0 Å². The number of nitrogens with one attached hydrogen (secondary N) is 1. The number of hydrogen-bond acceptors (Lipinski definition) is 2. The minimum absolute atomic E-state index is 0.0851. The zero-order chi connectivity index (χ0) is 15.9. The molecule has 3 rings (SSSR count). The topological polar surface area (TPSA) is 52.7 Å². The Morgan fingerprint density at radius 1 is 1.41 bits per heavy atom. The lowest BCUT2D eigenvalue weighted by Crippen LogP contribution is -2.58. The Hall–Kier alpha value is -2.18. The van der Waals surface area contributed by atoms with E-state index >= 15 is 0 Å². The van der Waals surface area contributed by atoms with Crippen molar-refractivity contribution in [1.82, 2.24) is 10.2 Å². The largest absolute Gasteiger partial charge is 0.337 e. The van der Waals surface area contributed by atoms with Crippen LogP contribution >= 0.6 is 0 Å².